The van der Waals surface area contributed by atoms with Gasteiger partial charge in [-0.05, 0) is 48.7 Å². The maximum Gasteiger partial charge on any atom is 0.159 e. The van der Waals surface area contributed by atoms with Gasteiger partial charge in [0.2, 0.25) is 0 Å². The number of hydrogen-bond donors (Lipinski definition) is 0. The summed E-state index contributed by atoms with van der Waals surface area (Å²) in [6.45, 7) is 1.41. The first kappa shape index (κ1) is 24.4. The first-order valence-electron chi connectivity index (χ1n) is 11.8. The predicted octanol–water partition coefficient (Wildman–Crippen LogP) is 5.26. The van der Waals surface area contributed by atoms with E-state index in [9.17, 15) is 13.2 Å². The molecule has 0 saturated carbocycles. The molecule has 1 fully saturated rings. The number of benzene rings is 2. The monoisotopic (exact) mass is 499 g/mol. The molecule has 3 aromatic rings. The van der Waals surface area contributed by atoms with Crippen molar-refractivity contribution in [3.05, 3.63) is 100 Å². The van der Waals surface area contributed by atoms with E-state index in [1.165, 1.54) is 17.7 Å². The van der Waals surface area contributed by atoms with Gasteiger partial charge in [0, 0.05) is 54.3 Å². The number of alkyl halides is 1. The van der Waals surface area contributed by atoms with Crippen LogP contribution in [0.25, 0.3) is 0 Å². The van der Waals surface area contributed by atoms with E-state index in [0.29, 0.717) is 24.3 Å². The summed E-state index contributed by atoms with van der Waals surface area (Å²) in [6.07, 6.45) is 5.26. The van der Waals surface area contributed by atoms with Crippen LogP contribution in [0.4, 0.5) is 17.6 Å². The van der Waals surface area contributed by atoms with E-state index >= 15 is 4.39 Å². The summed E-state index contributed by atoms with van der Waals surface area (Å²) in [5, 5.41) is 3.86. The van der Waals surface area contributed by atoms with Gasteiger partial charge in [-0.25, -0.2) is 17.6 Å². The lowest BCUT2D eigenvalue weighted by Gasteiger charge is -2.39. The zero-order chi connectivity index (χ0) is 25.1. The van der Waals surface area contributed by atoms with Gasteiger partial charge in [0.1, 0.15) is 24.8 Å². The molecule has 36 heavy (non-hydrogen) atoms. The molecule has 0 aliphatic carbocycles. The normalized spacial score (nSPS) is 17.4. The summed E-state index contributed by atoms with van der Waals surface area (Å²) in [4.78, 5) is 11.4. The summed E-state index contributed by atoms with van der Waals surface area (Å²) < 4.78 is 61.1. The van der Waals surface area contributed by atoms with E-state index in [-0.39, 0.29) is 23.5 Å². The molecule has 0 radical (unpaired) electrons. The number of hydrogen-bond acceptors (Lipinski definition) is 5. The molecular weight excluding hydrogens is 474 g/mol. The van der Waals surface area contributed by atoms with Crippen LogP contribution in [0.5, 0.6) is 0 Å². The second kappa shape index (κ2) is 10.4. The maximum absolute atomic E-state index is 15.2. The molecule has 1 aromatic heterocycles. The lowest BCUT2D eigenvalue weighted by Crippen LogP contribution is -2.42. The van der Waals surface area contributed by atoms with Crippen LogP contribution < -0.4 is 0 Å². The van der Waals surface area contributed by atoms with Gasteiger partial charge in [-0.3, -0.25) is 9.88 Å². The zero-order valence-electron chi connectivity index (χ0n) is 19.5. The molecule has 1 spiro atoms. The van der Waals surface area contributed by atoms with Crippen LogP contribution in [0.3, 0.4) is 0 Å². The third-order valence-corrected chi connectivity index (χ3v) is 6.81. The van der Waals surface area contributed by atoms with E-state index in [1.54, 1.807) is 18.3 Å². The van der Waals surface area contributed by atoms with Crippen LogP contribution in [-0.2, 0) is 28.3 Å². The van der Waals surface area contributed by atoms with Crippen molar-refractivity contribution in [3.8, 4) is 0 Å². The maximum atomic E-state index is 15.2. The van der Waals surface area contributed by atoms with E-state index in [0.717, 1.165) is 43.6 Å². The van der Waals surface area contributed by atoms with Crippen molar-refractivity contribution in [1.29, 1.82) is 0 Å². The van der Waals surface area contributed by atoms with Crippen molar-refractivity contribution in [2.75, 3.05) is 26.4 Å². The highest BCUT2D eigenvalue weighted by molar-refractivity contribution is 6.12. The van der Waals surface area contributed by atoms with Gasteiger partial charge >= 0.3 is 0 Å². The van der Waals surface area contributed by atoms with Gasteiger partial charge in [-0.2, -0.15) is 0 Å². The molecule has 0 N–H and O–H groups in total. The summed E-state index contributed by atoms with van der Waals surface area (Å²) in [6, 6.07) is 9.77. The van der Waals surface area contributed by atoms with Crippen LogP contribution in [0.15, 0.2) is 60.0 Å². The Morgan fingerprint density at radius 2 is 1.75 bits per heavy atom. The van der Waals surface area contributed by atoms with E-state index < -0.39 is 24.1 Å². The van der Waals surface area contributed by atoms with Crippen molar-refractivity contribution in [2.24, 2.45) is 5.16 Å². The smallest absolute Gasteiger partial charge is 0.159 e. The summed E-state index contributed by atoms with van der Waals surface area (Å²) in [5.41, 5.74) is 3.08. The molecule has 2 aliphatic heterocycles. The van der Waals surface area contributed by atoms with Gasteiger partial charge in [0.05, 0.1) is 12.2 Å². The quantitative estimate of drug-likeness (QED) is 0.193. The van der Waals surface area contributed by atoms with Gasteiger partial charge in [0.25, 0.3) is 0 Å². The van der Waals surface area contributed by atoms with Crippen molar-refractivity contribution in [3.63, 3.8) is 0 Å². The highest BCUT2D eigenvalue weighted by atomic mass is 19.2. The number of ether oxygens (including phenoxy) is 1. The zero-order valence-corrected chi connectivity index (χ0v) is 19.5. The summed E-state index contributed by atoms with van der Waals surface area (Å²) >= 11 is 0. The van der Waals surface area contributed by atoms with Crippen LogP contribution in [0.2, 0.25) is 0 Å². The number of fused-ring (bicyclic) bond motifs is 2. The minimum atomic E-state index is -1.07. The summed E-state index contributed by atoms with van der Waals surface area (Å²) in [5.74, 6) is -2.55. The molecule has 3 heterocycles. The summed E-state index contributed by atoms with van der Waals surface area (Å²) in [7, 11) is 0. The van der Waals surface area contributed by atoms with Crippen molar-refractivity contribution in [2.45, 2.75) is 31.6 Å². The number of likely N-dealkylation sites (tertiary alicyclic amines) is 1. The van der Waals surface area contributed by atoms with Gasteiger partial charge < -0.3 is 9.57 Å². The number of halogens is 4. The molecule has 0 amide bonds. The standard InChI is InChI=1S/C27H25F4N3O2/c28-8-12-36-33-26(19-3-4-23(29)25(31)14-19)18-1-2-20(24(30)13-18)16-34-10-6-27(7-11-34)22-15-32-9-5-21(22)17-35-27/h1-5,9,13-15H,6-8,10-12,16-17H2. The highest BCUT2D eigenvalue weighted by Crippen LogP contribution is 2.43. The third-order valence-electron chi connectivity index (χ3n) is 6.81. The molecule has 5 rings (SSSR count). The Morgan fingerprint density at radius 1 is 1.00 bits per heavy atom. The van der Waals surface area contributed by atoms with E-state index in [1.807, 2.05) is 12.3 Å². The highest BCUT2D eigenvalue weighted by Gasteiger charge is 2.42. The number of oxime groups is 1. The number of nitrogens with zero attached hydrogens (tertiary/aromatic N) is 3. The molecular formula is C27H25F4N3O2. The Hall–Kier alpha value is -3.30. The lowest BCUT2D eigenvalue weighted by molar-refractivity contribution is -0.0801. The Morgan fingerprint density at radius 3 is 2.47 bits per heavy atom. The fraction of sp³-hybridized carbons (Fsp3) is 0.333. The van der Waals surface area contributed by atoms with Crippen LogP contribution in [-0.4, -0.2) is 42.0 Å². The average Bonchev–Trinajstić information content (AvgIpc) is 3.24. The Labute approximate surface area is 206 Å². The Bertz CT molecular complexity index is 1280. The second-order valence-corrected chi connectivity index (χ2v) is 8.99. The first-order chi connectivity index (χ1) is 17.5. The number of aromatic nitrogens is 1. The Kier molecular flexibility index (Phi) is 7.02. The van der Waals surface area contributed by atoms with E-state index in [2.05, 4.69) is 15.0 Å². The molecule has 0 bridgehead atoms. The SMILES string of the molecule is FCCON=C(c1ccc(F)c(F)c1)c1ccc(CN2CCC3(CC2)OCc2ccncc23)c(F)c1. The lowest BCUT2D eigenvalue weighted by atomic mass is 9.84. The Balaban J connectivity index is 1.31. The second-order valence-electron chi connectivity index (χ2n) is 8.99. The molecule has 9 heteroatoms. The number of rotatable bonds is 7. The van der Waals surface area contributed by atoms with Crippen molar-refractivity contribution >= 4 is 5.71 Å². The largest absolute Gasteiger partial charge is 0.392 e. The molecule has 188 valence electrons. The minimum absolute atomic E-state index is 0.0818. The van der Waals surface area contributed by atoms with Crippen LogP contribution in [0.1, 0.15) is 40.7 Å². The van der Waals surface area contributed by atoms with E-state index in [4.69, 9.17) is 9.57 Å². The number of pyridine rings is 1. The van der Waals surface area contributed by atoms with Crippen molar-refractivity contribution < 1.29 is 27.1 Å². The topological polar surface area (TPSA) is 47.0 Å². The average molecular weight is 500 g/mol. The molecule has 2 aromatic carbocycles. The molecule has 5 nitrogen and oxygen atoms in total. The number of piperidine rings is 1. The molecule has 1 saturated heterocycles. The minimum Gasteiger partial charge on any atom is -0.392 e. The predicted molar refractivity (Wildman–Crippen MR) is 126 cm³/mol. The van der Waals surface area contributed by atoms with Crippen molar-refractivity contribution in [1.82, 2.24) is 9.88 Å². The molecule has 2 aliphatic rings. The van der Waals surface area contributed by atoms with Gasteiger partial charge in [0.15, 0.2) is 11.6 Å². The van der Waals surface area contributed by atoms with Gasteiger partial charge in [-0.1, -0.05) is 17.3 Å². The first-order valence-corrected chi connectivity index (χ1v) is 11.8. The fourth-order valence-electron chi connectivity index (χ4n) is 4.86. The molecule has 0 atom stereocenters. The third kappa shape index (κ3) is 4.85. The fourth-order valence-corrected chi connectivity index (χ4v) is 4.86. The van der Waals surface area contributed by atoms with Gasteiger partial charge in [-0.15, -0.1) is 0 Å². The van der Waals surface area contributed by atoms with Crippen LogP contribution >= 0.6 is 0 Å². The molecule has 0 unspecified atom stereocenters. The van der Waals surface area contributed by atoms with Crippen LogP contribution in [0, 0.1) is 17.5 Å².